The highest BCUT2D eigenvalue weighted by Gasteiger charge is 2.52. The lowest BCUT2D eigenvalue weighted by Gasteiger charge is -2.41. The molecule has 17 bridgehead atoms. The summed E-state index contributed by atoms with van der Waals surface area (Å²) in [5.74, 6) is -18.5. The van der Waals surface area contributed by atoms with Gasteiger partial charge in [-0.3, -0.25) is 38.4 Å². The summed E-state index contributed by atoms with van der Waals surface area (Å²) in [4.78, 5) is 153. The van der Waals surface area contributed by atoms with Crippen LogP contribution in [0.25, 0.3) is 11.1 Å². The van der Waals surface area contributed by atoms with E-state index in [1.165, 1.54) is 30.3 Å². The van der Waals surface area contributed by atoms with Crippen molar-refractivity contribution in [3.8, 4) is 80.1 Å². The standard InChI is InChI=1S/C88H99Cl2N11O29/c1-38(2)13-10-8-6-7-9-11-14-61(107)93-69-73(110)75(112)78(86(121)122)130-87(69)129-77-58-31-43-32-59(77)126-55-24-19-42(29-50(55)89)71(108)68-84(119)97-66(80(115)91-25-12-26-100(3)4)48-33-44(103)34-57(127-88-76(113)74(111)72(109)60(37-102)128-88)62(48)47-28-40(17-22-52(47)104)64(81(116)98-68)94-82(117)65(43)95-83(118)67-49-35-46(36-54(106)63(49)90)125-56-30-41(18-23-53(56)105)70(101(5)99-123)85(120)92-51(79(114)96-67)27-39-15-20-45(124-58)21-16-39/h15-24,28-36,38,51,60,64-76,78,87-88,102-106,108-113H,6-14,25-27,37H2,1-5H3,(H,91,115)(H,92,120)(H,93,107)(H,94,117)(H,95,118)(H,96,114)(H,97,119)(H,98,116)(H,121,122)/t51-,60-,64+,65-,66+,67-,68+,69-,70-,71-,72+,73-,74+,75+,76+,78-,87-,88-/m1/s1. The number of halogens is 2. The number of hydrogen-bond donors (Lipinski definition) is 20. The van der Waals surface area contributed by atoms with E-state index in [1.807, 2.05) is 0 Å². The zero-order valence-corrected chi connectivity index (χ0v) is 72.0. The van der Waals surface area contributed by atoms with Crippen LogP contribution in [0.2, 0.25) is 10.0 Å². The zero-order valence-electron chi connectivity index (χ0n) is 70.5. The molecule has 8 aliphatic heterocycles. The number of unbranched alkanes of at least 4 members (excludes halogenated alkanes) is 5. The number of hydrogen-bond acceptors (Lipinski definition) is 30. The normalized spacial score (nSPS) is 25.6. The van der Waals surface area contributed by atoms with Crippen LogP contribution in [0, 0.1) is 10.8 Å². The van der Waals surface area contributed by atoms with E-state index >= 15 is 28.8 Å². The van der Waals surface area contributed by atoms with Gasteiger partial charge in [0.2, 0.25) is 65.6 Å². The Bertz CT molecular complexity index is 5440. The first-order valence-corrected chi connectivity index (χ1v) is 42.6. The Labute approximate surface area is 751 Å². The molecule has 8 amide bonds. The molecule has 2 saturated heterocycles. The third kappa shape index (κ3) is 21.3. The number of aliphatic hydroxyl groups is 7. The summed E-state index contributed by atoms with van der Waals surface area (Å²) < 4.78 is 44.4. The predicted molar refractivity (Wildman–Crippen MR) is 457 cm³/mol. The second-order valence-corrected chi connectivity index (χ2v) is 33.8. The van der Waals surface area contributed by atoms with Gasteiger partial charge in [0, 0.05) is 55.3 Å². The molecular formula is C88H99Cl2N11O29. The lowest BCUT2D eigenvalue weighted by atomic mass is 9.89. The summed E-state index contributed by atoms with van der Waals surface area (Å²) in [7, 11) is 4.64. The van der Waals surface area contributed by atoms with Crippen molar-refractivity contribution in [2.24, 2.45) is 11.2 Å². The first-order valence-electron chi connectivity index (χ1n) is 41.8. The van der Waals surface area contributed by atoms with Crippen LogP contribution in [0.4, 0.5) is 0 Å². The number of aromatic hydroxyl groups is 4. The molecule has 0 saturated carbocycles. The molecule has 0 radical (unpaired) electrons. The number of nitrogens with one attached hydrogen (secondary N) is 8. The van der Waals surface area contributed by atoms with Crippen molar-refractivity contribution >= 4 is 76.4 Å². The van der Waals surface area contributed by atoms with Gasteiger partial charge in [-0.25, -0.2) is 9.80 Å². The molecule has 0 unspecified atom stereocenters. The summed E-state index contributed by atoms with van der Waals surface area (Å²) in [6.07, 6.45) is -16.2. The number of aliphatic hydroxyl groups excluding tert-OH is 7. The molecule has 694 valence electrons. The van der Waals surface area contributed by atoms with Crippen LogP contribution < -0.4 is 66.2 Å². The molecule has 2 fully saturated rings. The summed E-state index contributed by atoms with van der Waals surface area (Å²) in [6.45, 7) is 3.57. The topological polar surface area (TPSA) is 593 Å². The van der Waals surface area contributed by atoms with Gasteiger partial charge in [-0.15, -0.1) is 4.91 Å². The number of benzene rings is 7. The fourth-order valence-corrected chi connectivity index (χ4v) is 16.5. The Hall–Kier alpha value is -12.5. The third-order valence-electron chi connectivity index (χ3n) is 22.9. The fourth-order valence-electron chi connectivity index (χ4n) is 16.0. The highest BCUT2D eigenvalue weighted by Crippen LogP contribution is 2.51. The van der Waals surface area contributed by atoms with Gasteiger partial charge in [-0.1, -0.05) is 106 Å². The highest BCUT2D eigenvalue weighted by molar-refractivity contribution is 6.33. The van der Waals surface area contributed by atoms with E-state index in [-0.39, 0.29) is 41.8 Å². The fraction of sp³-hybridized carbons (Fsp3) is 0.420. The van der Waals surface area contributed by atoms with Crippen LogP contribution in [-0.2, 0) is 59.0 Å². The number of nitroso groups, excluding NO2 is 1. The Morgan fingerprint density at radius 3 is 1.91 bits per heavy atom. The number of carbonyl (C=O) groups excluding carboxylic acids is 8. The second kappa shape index (κ2) is 41.1. The van der Waals surface area contributed by atoms with E-state index in [1.54, 1.807) is 19.0 Å². The minimum atomic E-state index is -2.49. The van der Waals surface area contributed by atoms with Crippen molar-refractivity contribution in [1.82, 2.24) is 52.4 Å². The summed E-state index contributed by atoms with van der Waals surface area (Å²) in [6, 6.07) is 4.05. The number of carboxylic acids is 1. The second-order valence-electron chi connectivity index (χ2n) is 33.0. The molecule has 20 N–H and O–H groups in total. The van der Waals surface area contributed by atoms with Gasteiger partial charge in [0.25, 0.3) is 0 Å². The van der Waals surface area contributed by atoms with Gasteiger partial charge in [-0.2, -0.15) is 0 Å². The van der Waals surface area contributed by atoms with E-state index in [2.05, 4.69) is 61.7 Å². The number of nitrogens with zero attached hydrogens (tertiary/aromatic N) is 3. The molecule has 7 aromatic rings. The lowest BCUT2D eigenvalue weighted by molar-refractivity contribution is -0.277. The van der Waals surface area contributed by atoms with Crippen LogP contribution in [-0.4, -0.2) is 239 Å². The average molecular weight is 1850 g/mol. The summed E-state index contributed by atoms with van der Waals surface area (Å²) >= 11 is 14.3. The molecule has 0 spiro atoms. The number of carbonyl (C=O) groups is 9. The molecule has 7 aromatic carbocycles. The SMILES string of the molecule is CC(C)CCCCCCCCC(=O)N[C@H]1[C@H](Oc2c3cc4cc2Oc2ccc(cc2Cl)[C@@H](O)[C@@H]2NC(=O)[C@@H](NC(=O)[C@@H]4NC(=O)[C@@H]4NC(=O)[C@@H](Cc5ccc(cc5)O3)NC(=O)[C@H](N(C)N=O)c3ccc(O)c(c3)Oc3cc(O)c(Cl)c4c3)c3ccc(O)c(c3)-c3c(O[C@@H]4O[C@H](CO)[C@H](O)[C@H](O)[C@@H]4O)cc(O)cc3[C@@H](C(=O)NCCCN(C)C)NC2=O)O[C@@H](C(=O)O)[C@@H](O)[C@@H]1O. The van der Waals surface area contributed by atoms with Gasteiger partial charge in [0.05, 0.1) is 21.9 Å². The molecule has 0 aromatic heterocycles. The molecule has 40 nitrogen and oxygen atoms in total. The van der Waals surface area contributed by atoms with Crippen LogP contribution in [0.15, 0.2) is 121 Å². The molecule has 42 heteroatoms. The van der Waals surface area contributed by atoms with Gasteiger partial charge in [-0.05, 0) is 146 Å². The van der Waals surface area contributed by atoms with E-state index < -0.39 is 283 Å². The molecule has 130 heavy (non-hydrogen) atoms. The summed E-state index contributed by atoms with van der Waals surface area (Å²) in [5, 5.41) is 162. The number of rotatable bonds is 23. The number of amides is 8. The first-order chi connectivity index (χ1) is 62.0. The van der Waals surface area contributed by atoms with Crippen LogP contribution >= 0.6 is 23.2 Å². The number of ether oxygens (including phenoxy) is 7. The molecule has 15 rings (SSSR count). The Morgan fingerprint density at radius 2 is 1.22 bits per heavy atom. The Kier molecular flexibility index (Phi) is 30.1. The average Bonchev–Trinajstić information content (AvgIpc) is 0.750. The number of fused-ring (bicyclic) bond motifs is 14. The van der Waals surface area contributed by atoms with Crippen molar-refractivity contribution < 1.29 is 138 Å². The molecule has 18 atom stereocenters. The van der Waals surface area contributed by atoms with Gasteiger partial charge in [0.1, 0.15) is 125 Å². The molecular weight excluding hydrogens is 1750 g/mol. The van der Waals surface area contributed by atoms with Crippen molar-refractivity contribution in [1.29, 1.82) is 0 Å². The first kappa shape index (κ1) is 95.1. The maximum Gasteiger partial charge on any atom is 0.335 e. The number of phenols is 4. The largest absolute Gasteiger partial charge is 0.508 e. The van der Waals surface area contributed by atoms with Crippen molar-refractivity contribution in [2.45, 2.75) is 188 Å². The third-order valence-corrected chi connectivity index (χ3v) is 23.6. The highest BCUT2D eigenvalue weighted by atomic mass is 35.5. The zero-order chi connectivity index (χ0) is 93.5. The van der Waals surface area contributed by atoms with Gasteiger partial charge in [0.15, 0.2) is 35.1 Å². The van der Waals surface area contributed by atoms with E-state index in [0.29, 0.717) is 30.3 Å². The minimum Gasteiger partial charge on any atom is -0.508 e. The van der Waals surface area contributed by atoms with Crippen molar-refractivity contribution in [2.75, 3.05) is 40.8 Å². The summed E-state index contributed by atoms with van der Waals surface area (Å²) in [5.41, 5.74) is -3.16. The van der Waals surface area contributed by atoms with Crippen LogP contribution in [0.3, 0.4) is 0 Å². The number of phenolic OH excluding ortho intramolecular Hbond substituents is 4. The Balaban J connectivity index is 1.05. The van der Waals surface area contributed by atoms with Crippen molar-refractivity contribution in [3.63, 3.8) is 0 Å². The Morgan fingerprint density at radius 1 is 0.569 bits per heavy atom. The predicted octanol–water partition coefficient (Wildman–Crippen LogP) is 4.56. The van der Waals surface area contributed by atoms with E-state index in [9.17, 15) is 80.6 Å². The number of likely N-dealkylation sites (N-methyl/N-ethyl adjacent to an activating group) is 1. The molecule has 0 aliphatic carbocycles. The lowest BCUT2D eigenvalue weighted by Crippen LogP contribution is -2.66. The van der Waals surface area contributed by atoms with E-state index in [0.717, 1.165) is 124 Å². The maximum atomic E-state index is 16.9. The number of aliphatic carboxylic acids is 1. The molecule has 8 heterocycles. The smallest absolute Gasteiger partial charge is 0.335 e. The minimum absolute atomic E-state index is 0.0531. The van der Waals surface area contributed by atoms with Gasteiger partial charge >= 0.3 is 5.97 Å². The van der Waals surface area contributed by atoms with Gasteiger partial charge < -0.3 is 142 Å². The molecule has 8 aliphatic rings. The van der Waals surface area contributed by atoms with E-state index in [4.69, 9.17) is 56.4 Å². The van der Waals surface area contributed by atoms with Crippen LogP contribution in [0.1, 0.15) is 147 Å². The van der Waals surface area contributed by atoms with Crippen molar-refractivity contribution in [3.05, 3.63) is 169 Å². The monoisotopic (exact) mass is 1840 g/mol. The number of carboxylic acid groups (broad SMARTS) is 1. The van der Waals surface area contributed by atoms with Crippen LogP contribution in [0.5, 0.6) is 69.0 Å². The quantitative estimate of drug-likeness (QED) is 0.0237. The maximum absolute atomic E-state index is 16.9.